The molecule has 0 spiro atoms. The maximum atomic E-state index is 12.2. The minimum absolute atomic E-state index is 0.00778. The molecule has 0 bridgehead atoms. The first kappa shape index (κ1) is 16.8. The molecular weight excluding hydrogens is 350 g/mol. The Kier molecular flexibility index (Phi) is 5.45. The number of likely N-dealkylation sites (N-methyl/N-ethyl adjacent to an activating group) is 1. The van der Waals surface area contributed by atoms with Crippen molar-refractivity contribution < 1.29 is 19.1 Å². The third-order valence-corrected chi connectivity index (χ3v) is 4.73. The van der Waals surface area contributed by atoms with E-state index < -0.39 is 11.9 Å². The van der Waals surface area contributed by atoms with Gasteiger partial charge in [0.15, 0.2) is 0 Å². The van der Waals surface area contributed by atoms with Crippen molar-refractivity contribution in [1.29, 1.82) is 0 Å². The van der Waals surface area contributed by atoms with Crippen LogP contribution in [0.15, 0.2) is 22.7 Å². The summed E-state index contributed by atoms with van der Waals surface area (Å²) in [6.07, 6.45) is 1.18. The summed E-state index contributed by atoms with van der Waals surface area (Å²) >= 11 is 3.52. The summed E-state index contributed by atoms with van der Waals surface area (Å²) in [7, 11) is 3.36. The minimum Gasteiger partial charge on any atom is -0.497 e. The van der Waals surface area contributed by atoms with Gasteiger partial charge >= 0.3 is 5.97 Å². The highest BCUT2D eigenvalue weighted by Crippen LogP contribution is 2.30. The van der Waals surface area contributed by atoms with E-state index in [0.29, 0.717) is 19.4 Å². The molecule has 120 valence electrons. The van der Waals surface area contributed by atoms with Crippen molar-refractivity contribution in [2.45, 2.75) is 25.8 Å². The molecule has 5 nitrogen and oxygen atoms in total. The number of rotatable bonds is 5. The summed E-state index contributed by atoms with van der Waals surface area (Å²) in [6, 6.07) is 5.75. The summed E-state index contributed by atoms with van der Waals surface area (Å²) in [5, 5.41) is 0. The van der Waals surface area contributed by atoms with E-state index in [4.69, 9.17) is 9.47 Å². The van der Waals surface area contributed by atoms with Crippen LogP contribution in [-0.2, 0) is 20.7 Å². The van der Waals surface area contributed by atoms with E-state index in [9.17, 15) is 9.59 Å². The maximum absolute atomic E-state index is 12.2. The van der Waals surface area contributed by atoms with Crippen LogP contribution >= 0.6 is 15.9 Å². The van der Waals surface area contributed by atoms with E-state index in [1.165, 1.54) is 0 Å². The van der Waals surface area contributed by atoms with Crippen molar-refractivity contribution in [3.8, 4) is 5.75 Å². The Labute approximate surface area is 138 Å². The Morgan fingerprint density at radius 1 is 1.45 bits per heavy atom. The van der Waals surface area contributed by atoms with Gasteiger partial charge in [-0.15, -0.1) is 0 Å². The van der Waals surface area contributed by atoms with Crippen molar-refractivity contribution in [3.63, 3.8) is 0 Å². The van der Waals surface area contributed by atoms with Crippen LogP contribution in [0.5, 0.6) is 5.75 Å². The number of hydrogen-bond donors (Lipinski definition) is 0. The summed E-state index contributed by atoms with van der Waals surface area (Å²) in [5.41, 5.74) is 1.08. The number of halogens is 1. The van der Waals surface area contributed by atoms with E-state index in [2.05, 4.69) is 15.9 Å². The number of ether oxygens (including phenoxy) is 2. The molecule has 6 heteroatoms. The van der Waals surface area contributed by atoms with Gasteiger partial charge in [0.2, 0.25) is 5.91 Å². The topological polar surface area (TPSA) is 55.8 Å². The van der Waals surface area contributed by atoms with Crippen LogP contribution in [0.3, 0.4) is 0 Å². The fraction of sp³-hybridized carbons (Fsp3) is 0.500. The standard InChI is InChI=1S/C16H20BrNO4/c1-4-22-16(20)13-8-11(18(2)15(13)19)7-10-5-6-12(21-3)9-14(10)17/h5-6,9,11,13H,4,7-8H2,1-3H3. The number of carbonyl (C=O) groups excluding carboxylic acids is 2. The summed E-state index contributed by atoms with van der Waals surface area (Å²) in [5.74, 6) is -0.480. The number of carbonyl (C=O) groups is 2. The lowest BCUT2D eigenvalue weighted by molar-refractivity contribution is -0.152. The number of esters is 1. The monoisotopic (exact) mass is 369 g/mol. The van der Waals surface area contributed by atoms with Crippen molar-refractivity contribution in [2.24, 2.45) is 5.92 Å². The van der Waals surface area contributed by atoms with Gasteiger partial charge in [0.25, 0.3) is 0 Å². The van der Waals surface area contributed by atoms with Crippen LogP contribution in [0.25, 0.3) is 0 Å². The maximum Gasteiger partial charge on any atom is 0.318 e. The van der Waals surface area contributed by atoms with Crippen molar-refractivity contribution in [2.75, 3.05) is 20.8 Å². The highest BCUT2D eigenvalue weighted by atomic mass is 79.9. The van der Waals surface area contributed by atoms with E-state index in [0.717, 1.165) is 15.8 Å². The molecule has 2 unspecified atom stereocenters. The number of benzene rings is 1. The lowest BCUT2D eigenvalue weighted by Gasteiger charge is -2.20. The van der Waals surface area contributed by atoms with Crippen LogP contribution in [0.2, 0.25) is 0 Å². The molecule has 1 aliphatic rings. The molecule has 0 aliphatic carbocycles. The third kappa shape index (κ3) is 3.43. The first-order chi connectivity index (χ1) is 10.5. The summed E-state index contributed by atoms with van der Waals surface area (Å²) in [4.78, 5) is 25.7. The normalized spacial score (nSPS) is 21.1. The molecule has 1 aliphatic heterocycles. The fourth-order valence-corrected chi connectivity index (χ4v) is 3.21. The van der Waals surface area contributed by atoms with Crippen LogP contribution in [-0.4, -0.2) is 43.6 Å². The molecule has 0 aromatic heterocycles. The zero-order valence-electron chi connectivity index (χ0n) is 13.0. The second kappa shape index (κ2) is 7.13. The molecule has 1 aromatic carbocycles. The van der Waals surface area contributed by atoms with Gasteiger partial charge in [-0.05, 0) is 37.5 Å². The van der Waals surface area contributed by atoms with E-state index >= 15 is 0 Å². The van der Waals surface area contributed by atoms with Gasteiger partial charge < -0.3 is 14.4 Å². The molecule has 0 N–H and O–H groups in total. The minimum atomic E-state index is -0.674. The van der Waals surface area contributed by atoms with E-state index in [-0.39, 0.29) is 11.9 Å². The number of likely N-dealkylation sites (tertiary alicyclic amines) is 1. The van der Waals surface area contributed by atoms with Crippen LogP contribution in [0.1, 0.15) is 18.9 Å². The molecule has 2 atom stereocenters. The molecule has 1 heterocycles. The zero-order valence-corrected chi connectivity index (χ0v) is 14.6. The predicted molar refractivity (Wildman–Crippen MR) is 85.7 cm³/mol. The van der Waals surface area contributed by atoms with Gasteiger partial charge in [-0.2, -0.15) is 0 Å². The first-order valence-electron chi connectivity index (χ1n) is 7.23. The van der Waals surface area contributed by atoms with Gasteiger partial charge in [-0.3, -0.25) is 9.59 Å². The molecule has 22 heavy (non-hydrogen) atoms. The molecule has 2 rings (SSSR count). The molecule has 1 aromatic rings. The number of hydrogen-bond acceptors (Lipinski definition) is 4. The smallest absolute Gasteiger partial charge is 0.318 e. The van der Waals surface area contributed by atoms with Crippen molar-refractivity contribution in [1.82, 2.24) is 4.90 Å². The Morgan fingerprint density at radius 3 is 2.77 bits per heavy atom. The quantitative estimate of drug-likeness (QED) is 0.590. The molecule has 1 amide bonds. The number of nitrogens with zero attached hydrogens (tertiary/aromatic N) is 1. The average molecular weight is 370 g/mol. The Hall–Kier alpha value is -1.56. The Balaban J connectivity index is 2.10. The summed E-state index contributed by atoms with van der Waals surface area (Å²) in [6.45, 7) is 2.04. The molecule has 1 saturated heterocycles. The van der Waals surface area contributed by atoms with Gasteiger partial charge in [0.1, 0.15) is 11.7 Å². The molecule has 0 saturated carbocycles. The van der Waals surface area contributed by atoms with Gasteiger partial charge in [-0.1, -0.05) is 22.0 Å². The first-order valence-corrected chi connectivity index (χ1v) is 8.03. The highest BCUT2D eigenvalue weighted by Gasteiger charge is 2.42. The predicted octanol–water partition coefficient (Wildman–Crippen LogP) is 2.41. The van der Waals surface area contributed by atoms with Crippen molar-refractivity contribution >= 4 is 27.8 Å². The van der Waals surface area contributed by atoms with Gasteiger partial charge in [0.05, 0.1) is 13.7 Å². The average Bonchev–Trinajstić information content (AvgIpc) is 2.78. The largest absolute Gasteiger partial charge is 0.497 e. The third-order valence-electron chi connectivity index (χ3n) is 3.99. The molecule has 0 radical (unpaired) electrons. The second-order valence-electron chi connectivity index (χ2n) is 5.30. The zero-order chi connectivity index (χ0) is 16.3. The number of methoxy groups -OCH3 is 1. The second-order valence-corrected chi connectivity index (χ2v) is 6.16. The lowest BCUT2D eigenvalue weighted by atomic mass is 9.99. The summed E-state index contributed by atoms with van der Waals surface area (Å²) < 4.78 is 11.1. The van der Waals surface area contributed by atoms with Crippen LogP contribution < -0.4 is 4.74 Å². The van der Waals surface area contributed by atoms with Crippen LogP contribution in [0, 0.1) is 5.92 Å². The Bertz CT molecular complexity index is 575. The van der Waals surface area contributed by atoms with Gasteiger partial charge in [-0.25, -0.2) is 0 Å². The fourth-order valence-electron chi connectivity index (χ4n) is 2.69. The van der Waals surface area contributed by atoms with Gasteiger partial charge in [0, 0.05) is 17.6 Å². The SMILES string of the molecule is CCOC(=O)C1CC(Cc2ccc(OC)cc2Br)N(C)C1=O. The Morgan fingerprint density at radius 2 is 2.18 bits per heavy atom. The molecule has 1 fully saturated rings. The van der Waals surface area contributed by atoms with E-state index in [1.807, 2.05) is 18.2 Å². The molecular formula is C16H20BrNO4. The van der Waals surface area contributed by atoms with Crippen LogP contribution in [0.4, 0.5) is 0 Å². The number of amides is 1. The highest BCUT2D eigenvalue weighted by molar-refractivity contribution is 9.10. The van der Waals surface area contributed by atoms with Crippen molar-refractivity contribution in [3.05, 3.63) is 28.2 Å². The van der Waals surface area contributed by atoms with E-state index in [1.54, 1.807) is 26.0 Å². The lowest BCUT2D eigenvalue weighted by Crippen LogP contribution is -2.32.